The van der Waals surface area contributed by atoms with E-state index in [9.17, 15) is 0 Å². The van der Waals surface area contributed by atoms with Gasteiger partial charge in [0, 0.05) is 18.2 Å². The molecule has 2 aliphatic rings. The first-order chi connectivity index (χ1) is 18.8. The van der Waals surface area contributed by atoms with Gasteiger partial charge in [0.2, 0.25) is 0 Å². The number of hydrogen-bond donors (Lipinski definition) is 0. The molecule has 0 aliphatic heterocycles. The zero-order chi connectivity index (χ0) is 25.7. The van der Waals surface area contributed by atoms with E-state index in [0.29, 0.717) is 11.7 Å². The minimum atomic E-state index is -0.400. The van der Waals surface area contributed by atoms with Crippen LogP contribution in [0.15, 0.2) is 136 Å². The molecular formula is C35H25N3. The number of aliphatic imine (C=N–C) groups is 3. The number of hydrogen-bond acceptors (Lipinski definition) is 1. The molecule has 1 spiro atoms. The summed E-state index contributed by atoms with van der Waals surface area (Å²) in [4.78, 5) is 13.7. The fourth-order valence-corrected chi connectivity index (χ4v) is 6.36. The normalized spacial score (nSPS) is 14.6. The van der Waals surface area contributed by atoms with Gasteiger partial charge in [-0.2, -0.15) is 0 Å². The Morgan fingerprint density at radius 2 is 1.03 bits per heavy atom. The van der Waals surface area contributed by atoms with Gasteiger partial charge in [-0.05, 0) is 57.3 Å². The van der Waals surface area contributed by atoms with Gasteiger partial charge in [0.25, 0.3) is 0 Å². The molecule has 0 unspecified atom stereocenters. The lowest BCUT2D eigenvalue weighted by molar-refractivity contribution is 0.793. The third-order valence-electron chi connectivity index (χ3n) is 7.86. The zero-order valence-corrected chi connectivity index (χ0v) is 21.1. The maximum atomic E-state index is 4.87. The Morgan fingerprint density at radius 1 is 0.526 bits per heavy atom. The van der Waals surface area contributed by atoms with Crippen LogP contribution in [0, 0.1) is 0 Å². The molecule has 0 N–H and O–H groups in total. The van der Waals surface area contributed by atoms with E-state index in [1.54, 1.807) is 7.05 Å². The molecule has 180 valence electrons. The SMILES string of the molecule is C=NC(=NC(=NC)c1ccccc1)c1ccc2c(c1)C1(c3ccccc3-c3ccccc31)c1ccccc1-2. The van der Waals surface area contributed by atoms with Gasteiger partial charge in [-0.15, -0.1) is 0 Å². The van der Waals surface area contributed by atoms with E-state index >= 15 is 0 Å². The summed E-state index contributed by atoms with van der Waals surface area (Å²) >= 11 is 0. The van der Waals surface area contributed by atoms with Gasteiger partial charge in [-0.3, -0.25) is 4.99 Å². The standard InChI is InChI=1S/C35H25N3/c1-36-33(23-12-4-3-5-13-23)38-34(37-2)24-20-21-28-27-16-8-11-19-31(27)35(32(28)22-24)29-17-9-6-14-25(29)26-15-7-10-18-30(26)35/h3-22H,2H2,1H3. The summed E-state index contributed by atoms with van der Waals surface area (Å²) in [5, 5.41) is 0. The molecule has 3 nitrogen and oxygen atoms in total. The van der Waals surface area contributed by atoms with Crippen molar-refractivity contribution in [2.45, 2.75) is 5.41 Å². The van der Waals surface area contributed by atoms with Crippen molar-refractivity contribution in [2.75, 3.05) is 7.05 Å². The van der Waals surface area contributed by atoms with Crippen LogP contribution in [-0.2, 0) is 5.41 Å². The molecule has 0 saturated heterocycles. The van der Waals surface area contributed by atoms with E-state index in [0.717, 1.165) is 11.1 Å². The minimum absolute atomic E-state index is 0.400. The van der Waals surface area contributed by atoms with Gasteiger partial charge in [-0.1, -0.05) is 115 Å². The molecule has 38 heavy (non-hydrogen) atoms. The molecule has 0 amide bonds. The lowest BCUT2D eigenvalue weighted by Crippen LogP contribution is -2.26. The van der Waals surface area contributed by atoms with Gasteiger partial charge >= 0.3 is 0 Å². The highest BCUT2D eigenvalue weighted by molar-refractivity contribution is 6.13. The molecule has 0 atom stereocenters. The Bertz CT molecular complexity index is 1730. The summed E-state index contributed by atoms with van der Waals surface area (Å²) in [5.74, 6) is 1.19. The Kier molecular flexibility index (Phi) is 5.05. The summed E-state index contributed by atoms with van der Waals surface area (Å²) in [6.07, 6.45) is 0. The van der Waals surface area contributed by atoms with E-state index in [2.05, 4.69) is 108 Å². The Labute approximate surface area is 222 Å². The van der Waals surface area contributed by atoms with Crippen molar-refractivity contribution in [2.24, 2.45) is 15.0 Å². The Balaban J connectivity index is 1.50. The highest BCUT2D eigenvalue weighted by atomic mass is 15.0. The maximum Gasteiger partial charge on any atom is 0.161 e. The largest absolute Gasteiger partial charge is 0.270 e. The Hall–Kier alpha value is -4.89. The molecule has 0 fully saturated rings. The van der Waals surface area contributed by atoms with E-state index in [-0.39, 0.29) is 0 Å². The quantitative estimate of drug-likeness (QED) is 0.178. The van der Waals surface area contributed by atoms with Crippen LogP contribution in [0.5, 0.6) is 0 Å². The summed E-state index contributed by atoms with van der Waals surface area (Å²) < 4.78 is 0. The van der Waals surface area contributed by atoms with Crippen LogP contribution < -0.4 is 0 Å². The summed E-state index contributed by atoms with van der Waals surface area (Å²) in [6.45, 7) is 3.88. The summed E-state index contributed by atoms with van der Waals surface area (Å²) in [7, 11) is 1.76. The van der Waals surface area contributed by atoms with Crippen LogP contribution in [0.25, 0.3) is 22.3 Å². The topological polar surface area (TPSA) is 37.1 Å². The van der Waals surface area contributed by atoms with E-state index in [1.807, 2.05) is 30.3 Å². The van der Waals surface area contributed by atoms with Gasteiger partial charge in [-0.25, -0.2) is 9.98 Å². The van der Waals surface area contributed by atoms with E-state index < -0.39 is 5.41 Å². The molecule has 7 rings (SSSR count). The minimum Gasteiger partial charge on any atom is -0.270 e. The smallest absolute Gasteiger partial charge is 0.161 e. The van der Waals surface area contributed by atoms with Crippen molar-refractivity contribution >= 4 is 18.4 Å². The first-order valence-corrected chi connectivity index (χ1v) is 12.8. The molecule has 5 aromatic carbocycles. The predicted octanol–water partition coefficient (Wildman–Crippen LogP) is 7.55. The third-order valence-corrected chi connectivity index (χ3v) is 7.86. The number of nitrogens with zero attached hydrogens (tertiary/aromatic N) is 3. The van der Waals surface area contributed by atoms with Crippen molar-refractivity contribution in [3.8, 4) is 22.3 Å². The van der Waals surface area contributed by atoms with Crippen LogP contribution in [0.3, 0.4) is 0 Å². The number of amidine groups is 2. The maximum absolute atomic E-state index is 4.87. The first-order valence-electron chi connectivity index (χ1n) is 12.8. The van der Waals surface area contributed by atoms with Gasteiger partial charge in [0.15, 0.2) is 11.7 Å². The monoisotopic (exact) mass is 487 g/mol. The van der Waals surface area contributed by atoms with Gasteiger partial charge < -0.3 is 0 Å². The predicted molar refractivity (Wildman–Crippen MR) is 158 cm³/mol. The third kappa shape index (κ3) is 2.99. The molecule has 2 aliphatic carbocycles. The molecule has 0 radical (unpaired) electrons. The molecular weight excluding hydrogens is 462 g/mol. The molecule has 3 heteroatoms. The van der Waals surface area contributed by atoms with E-state index in [4.69, 9.17) is 4.99 Å². The highest BCUT2D eigenvalue weighted by Crippen LogP contribution is 2.62. The molecule has 0 saturated carbocycles. The van der Waals surface area contributed by atoms with Gasteiger partial charge in [0.1, 0.15) is 0 Å². The highest BCUT2D eigenvalue weighted by Gasteiger charge is 2.51. The van der Waals surface area contributed by atoms with E-state index in [1.165, 1.54) is 44.5 Å². The number of fused-ring (bicyclic) bond motifs is 10. The fourth-order valence-electron chi connectivity index (χ4n) is 6.36. The second-order valence-corrected chi connectivity index (χ2v) is 9.65. The number of rotatable bonds is 2. The Morgan fingerprint density at radius 3 is 1.55 bits per heavy atom. The lowest BCUT2D eigenvalue weighted by Gasteiger charge is -2.30. The molecule has 0 heterocycles. The summed E-state index contributed by atoms with van der Waals surface area (Å²) in [6, 6.07) is 43.0. The van der Waals surface area contributed by atoms with Crippen molar-refractivity contribution in [1.82, 2.24) is 0 Å². The van der Waals surface area contributed by atoms with Crippen LogP contribution in [0.4, 0.5) is 0 Å². The lowest BCUT2D eigenvalue weighted by atomic mass is 9.70. The first kappa shape index (κ1) is 22.3. The van der Waals surface area contributed by atoms with Crippen LogP contribution >= 0.6 is 0 Å². The molecule has 5 aromatic rings. The van der Waals surface area contributed by atoms with Crippen molar-refractivity contribution in [3.05, 3.63) is 155 Å². The van der Waals surface area contributed by atoms with Gasteiger partial charge in [0.05, 0.1) is 5.41 Å². The van der Waals surface area contributed by atoms with Crippen LogP contribution in [-0.4, -0.2) is 25.4 Å². The van der Waals surface area contributed by atoms with Crippen molar-refractivity contribution in [1.29, 1.82) is 0 Å². The average molecular weight is 488 g/mol. The average Bonchev–Trinajstić information content (AvgIpc) is 3.45. The molecule has 0 aromatic heterocycles. The second-order valence-electron chi connectivity index (χ2n) is 9.65. The molecule has 0 bridgehead atoms. The fraction of sp³-hybridized carbons (Fsp3) is 0.0571. The zero-order valence-electron chi connectivity index (χ0n) is 21.1. The summed E-state index contributed by atoms with van der Waals surface area (Å²) in [5.41, 5.74) is 11.7. The van der Waals surface area contributed by atoms with Crippen LogP contribution in [0.1, 0.15) is 33.4 Å². The number of benzene rings is 5. The van der Waals surface area contributed by atoms with Crippen molar-refractivity contribution in [3.63, 3.8) is 0 Å². The van der Waals surface area contributed by atoms with Crippen molar-refractivity contribution < 1.29 is 0 Å². The second kappa shape index (κ2) is 8.60. The van der Waals surface area contributed by atoms with Crippen LogP contribution in [0.2, 0.25) is 0 Å².